The van der Waals surface area contributed by atoms with Gasteiger partial charge in [-0.1, -0.05) is 0 Å². The zero-order chi connectivity index (χ0) is 20.0. The molecule has 3 heterocycles. The molecule has 7 nitrogen and oxygen atoms in total. The van der Waals surface area contributed by atoms with E-state index in [9.17, 15) is 14.7 Å². The van der Waals surface area contributed by atoms with Crippen LogP contribution in [-0.4, -0.2) is 52.1 Å². The number of benzene rings is 2. The SMILES string of the molecule is O=[C]1[Sn][c]2cc(CO)cc3c2N=C1c1cccc2c(=O)n([nH]c12)CCCCCO3. The van der Waals surface area contributed by atoms with Crippen molar-refractivity contribution in [1.82, 2.24) is 9.78 Å². The molecule has 5 rings (SSSR count). The van der Waals surface area contributed by atoms with E-state index in [1.807, 2.05) is 18.2 Å². The molecule has 0 saturated heterocycles. The van der Waals surface area contributed by atoms with Crippen LogP contribution >= 0.6 is 0 Å². The first-order valence-corrected chi connectivity index (χ1v) is 12.5. The van der Waals surface area contributed by atoms with Gasteiger partial charge in [0.25, 0.3) is 0 Å². The Balaban J connectivity index is 1.77. The van der Waals surface area contributed by atoms with Gasteiger partial charge in [-0.3, -0.25) is 0 Å². The van der Waals surface area contributed by atoms with E-state index in [1.165, 1.54) is 0 Å². The van der Waals surface area contributed by atoms with Gasteiger partial charge in [0.2, 0.25) is 0 Å². The Morgan fingerprint density at radius 1 is 1.21 bits per heavy atom. The zero-order valence-electron chi connectivity index (χ0n) is 15.7. The van der Waals surface area contributed by atoms with Crippen LogP contribution in [0.3, 0.4) is 0 Å². The molecule has 0 unspecified atom stereocenters. The Kier molecular flexibility index (Phi) is 4.79. The molecule has 0 spiro atoms. The number of aliphatic hydroxyl groups excluding tert-OH is 1. The fourth-order valence-electron chi connectivity index (χ4n) is 3.87. The third-order valence-corrected chi connectivity index (χ3v) is 8.51. The van der Waals surface area contributed by atoms with Crippen LogP contribution in [0, 0.1) is 0 Å². The number of nitrogens with one attached hydrogen (secondary N) is 1. The number of H-pyrrole nitrogens is 1. The molecule has 4 bridgehead atoms. The van der Waals surface area contributed by atoms with Crippen LogP contribution in [0.5, 0.6) is 5.75 Å². The number of aromatic nitrogens is 2. The molecule has 2 aromatic carbocycles. The number of hydrogen-bond donors (Lipinski definition) is 2. The normalized spacial score (nSPS) is 16.4. The van der Waals surface area contributed by atoms with Gasteiger partial charge >= 0.3 is 177 Å². The Hall–Kier alpha value is -2.39. The zero-order valence-corrected chi connectivity index (χ0v) is 18.5. The summed E-state index contributed by atoms with van der Waals surface area (Å²) in [5.74, 6) is 0.632. The van der Waals surface area contributed by atoms with Crippen LogP contribution in [0.15, 0.2) is 40.1 Å². The number of fused-ring (bicyclic) bond motifs is 2. The number of nitrogens with zero attached hydrogens (tertiary/aromatic N) is 2. The topological polar surface area (TPSA) is 96.7 Å². The standard InChI is InChI=1S/C21H19N3O4.Sn/c25-12-14-7-8-17-19(11-14)28-10-3-1-2-9-24-21(27)16-6-4-5-15(20(16)23-24)18(13-26)22-17;/h4-7,11,23,25H,1-3,9-10,12H2;. The van der Waals surface area contributed by atoms with Crippen molar-refractivity contribution in [3.05, 3.63) is 51.8 Å². The third kappa shape index (κ3) is 3.22. The molecule has 0 fully saturated rings. The van der Waals surface area contributed by atoms with Crippen LogP contribution in [-0.2, 0) is 17.9 Å². The number of carbonyl (C=O) groups is 1. The van der Waals surface area contributed by atoms with Crippen LogP contribution in [0.1, 0.15) is 30.4 Å². The number of ether oxygens (including phenoxy) is 1. The molecule has 0 amide bonds. The molecule has 3 aromatic rings. The first kappa shape index (κ1) is 18.6. The van der Waals surface area contributed by atoms with Crippen molar-refractivity contribution in [2.75, 3.05) is 6.61 Å². The minimum atomic E-state index is -1.64. The summed E-state index contributed by atoms with van der Waals surface area (Å²) in [4.78, 5) is 30.5. The quantitative estimate of drug-likeness (QED) is 0.498. The van der Waals surface area contributed by atoms with Gasteiger partial charge in [0.1, 0.15) is 0 Å². The molecule has 0 atom stereocenters. The number of aryl methyl sites for hydroxylation is 1. The number of aromatic amines is 1. The summed E-state index contributed by atoms with van der Waals surface area (Å²) in [6, 6.07) is 9.14. The average Bonchev–Trinajstić information content (AvgIpc) is 3.05. The van der Waals surface area contributed by atoms with Crippen molar-refractivity contribution in [2.24, 2.45) is 4.99 Å². The molecule has 2 aliphatic heterocycles. The Labute approximate surface area is 176 Å². The number of para-hydroxylation sites is 1. The van der Waals surface area contributed by atoms with Gasteiger partial charge in [-0.2, -0.15) is 0 Å². The summed E-state index contributed by atoms with van der Waals surface area (Å²) in [5.41, 5.74) is 3.13. The summed E-state index contributed by atoms with van der Waals surface area (Å²) >= 11 is -1.64. The second kappa shape index (κ2) is 7.46. The maximum absolute atomic E-state index is 13.0. The first-order chi connectivity index (χ1) is 14.2. The van der Waals surface area contributed by atoms with Crippen molar-refractivity contribution >= 4 is 50.8 Å². The van der Waals surface area contributed by atoms with E-state index in [1.54, 1.807) is 16.8 Å². The second-order valence-electron chi connectivity index (χ2n) is 7.27. The summed E-state index contributed by atoms with van der Waals surface area (Å²) in [5, 5.41) is 13.4. The number of aliphatic hydroxyl groups is 1. The van der Waals surface area contributed by atoms with E-state index in [-0.39, 0.29) is 16.0 Å². The van der Waals surface area contributed by atoms with E-state index in [0.29, 0.717) is 46.8 Å². The molecule has 1 aromatic heterocycles. The average molecular weight is 496 g/mol. The fraction of sp³-hybridized carbons (Fsp3) is 0.286. The molecule has 0 saturated carbocycles. The Bertz CT molecular complexity index is 1220. The van der Waals surface area contributed by atoms with E-state index < -0.39 is 21.1 Å². The minimum absolute atomic E-state index is 0.0512. The van der Waals surface area contributed by atoms with Gasteiger partial charge in [0.15, 0.2) is 0 Å². The Morgan fingerprint density at radius 2 is 2.10 bits per heavy atom. The summed E-state index contributed by atoms with van der Waals surface area (Å²) < 4.78 is 8.63. The maximum atomic E-state index is 13.0. The van der Waals surface area contributed by atoms with E-state index in [0.717, 1.165) is 28.4 Å². The predicted octanol–water partition coefficient (Wildman–Crippen LogP) is 1.38. The number of carbonyl (C=O) groups excluding carboxylic acids is 1. The van der Waals surface area contributed by atoms with Crippen LogP contribution in [0.2, 0.25) is 0 Å². The molecule has 2 N–H and O–H groups in total. The molecule has 2 radical (unpaired) electrons. The molecule has 8 heteroatoms. The van der Waals surface area contributed by atoms with Gasteiger partial charge < -0.3 is 0 Å². The molecular weight excluding hydrogens is 477 g/mol. The van der Waals surface area contributed by atoms with Gasteiger partial charge in [-0.25, -0.2) is 0 Å². The molecule has 2 aliphatic rings. The number of aliphatic imine (C=N–C) groups is 1. The van der Waals surface area contributed by atoms with Crippen molar-refractivity contribution in [3.63, 3.8) is 0 Å². The van der Waals surface area contributed by atoms with Gasteiger partial charge in [0, 0.05) is 0 Å². The predicted molar refractivity (Wildman–Crippen MR) is 111 cm³/mol. The van der Waals surface area contributed by atoms with E-state index >= 15 is 0 Å². The van der Waals surface area contributed by atoms with Crippen LogP contribution in [0.25, 0.3) is 10.9 Å². The number of rotatable bonds is 1. The van der Waals surface area contributed by atoms with Crippen molar-refractivity contribution < 1.29 is 14.6 Å². The van der Waals surface area contributed by atoms with Crippen molar-refractivity contribution in [3.8, 4) is 5.75 Å². The second-order valence-corrected chi connectivity index (χ2v) is 10.8. The summed E-state index contributed by atoms with van der Waals surface area (Å²) in [6.45, 7) is 1.03. The molecule has 146 valence electrons. The van der Waals surface area contributed by atoms with Crippen molar-refractivity contribution in [2.45, 2.75) is 32.4 Å². The molecule has 0 aliphatic carbocycles. The van der Waals surface area contributed by atoms with Crippen molar-refractivity contribution in [1.29, 1.82) is 0 Å². The van der Waals surface area contributed by atoms with E-state index in [4.69, 9.17) is 9.73 Å². The first-order valence-electron chi connectivity index (χ1n) is 9.68. The molecular formula is C21H19N3O4Sn. The van der Waals surface area contributed by atoms with Gasteiger partial charge in [-0.15, -0.1) is 0 Å². The summed E-state index contributed by atoms with van der Waals surface area (Å²) in [7, 11) is 0. The van der Waals surface area contributed by atoms with Gasteiger partial charge in [-0.05, 0) is 0 Å². The third-order valence-electron chi connectivity index (χ3n) is 5.33. The monoisotopic (exact) mass is 497 g/mol. The fourth-order valence-corrected chi connectivity index (χ4v) is 7.04. The Morgan fingerprint density at radius 3 is 2.97 bits per heavy atom. The van der Waals surface area contributed by atoms with Crippen LogP contribution in [0.4, 0.5) is 5.69 Å². The van der Waals surface area contributed by atoms with Crippen LogP contribution < -0.4 is 13.9 Å². The summed E-state index contributed by atoms with van der Waals surface area (Å²) in [6.07, 6.45) is 2.64. The molecule has 29 heavy (non-hydrogen) atoms. The number of hydrogen-bond acceptors (Lipinski definition) is 5. The van der Waals surface area contributed by atoms with Gasteiger partial charge in [0.05, 0.1) is 0 Å². The van der Waals surface area contributed by atoms with E-state index in [2.05, 4.69) is 5.10 Å².